The second-order valence-electron chi connectivity index (χ2n) is 9.11. The van der Waals surface area contributed by atoms with Crippen LogP contribution in [0.4, 0.5) is 0 Å². The Kier molecular flexibility index (Phi) is 5.15. The Bertz CT molecular complexity index is 898. The van der Waals surface area contributed by atoms with Crippen molar-refractivity contribution < 1.29 is 23.5 Å². The molecule has 0 radical (unpaired) electrons. The number of dihydropyridines is 1. The summed E-state index contributed by atoms with van der Waals surface area (Å²) < 4.78 is 17.1. The van der Waals surface area contributed by atoms with E-state index >= 15 is 0 Å². The number of ketones is 1. The minimum absolute atomic E-state index is 0.0485. The number of rotatable bonds is 4. The van der Waals surface area contributed by atoms with E-state index in [9.17, 15) is 9.59 Å². The first-order chi connectivity index (χ1) is 13.7. The number of ether oxygens (including phenoxy) is 2. The van der Waals surface area contributed by atoms with E-state index < -0.39 is 11.9 Å². The molecule has 0 unspecified atom stereocenters. The molecule has 6 nitrogen and oxygen atoms in total. The van der Waals surface area contributed by atoms with Crippen LogP contribution in [0.15, 0.2) is 39.1 Å². The lowest BCUT2D eigenvalue weighted by molar-refractivity contribution is -0.142. The second-order valence-corrected chi connectivity index (χ2v) is 9.11. The van der Waals surface area contributed by atoms with Crippen molar-refractivity contribution in [3.05, 3.63) is 46.2 Å². The molecule has 2 aliphatic heterocycles. The van der Waals surface area contributed by atoms with Gasteiger partial charge in [-0.05, 0) is 50.7 Å². The summed E-state index contributed by atoms with van der Waals surface area (Å²) in [7, 11) is 0. The van der Waals surface area contributed by atoms with Crippen LogP contribution in [-0.2, 0) is 19.1 Å². The summed E-state index contributed by atoms with van der Waals surface area (Å²) in [4.78, 5) is 26.3. The van der Waals surface area contributed by atoms with Crippen LogP contribution in [0, 0.1) is 12.3 Å². The van der Waals surface area contributed by atoms with Gasteiger partial charge in [0.2, 0.25) is 0 Å². The van der Waals surface area contributed by atoms with Crippen LogP contribution in [0.25, 0.3) is 0 Å². The summed E-state index contributed by atoms with van der Waals surface area (Å²) in [5, 5.41) is 3.33. The van der Waals surface area contributed by atoms with Gasteiger partial charge in [-0.25, -0.2) is 4.79 Å². The second kappa shape index (κ2) is 7.48. The van der Waals surface area contributed by atoms with Crippen LogP contribution < -0.4 is 5.32 Å². The Morgan fingerprint density at radius 2 is 2.07 bits per heavy atom. The lowest BCUT2D eigenvalue weighted by Crippen LogP contribution is -2.38. The number of furan rings is 1. The third kappa shape index (κ3) is 3.90. The molecular weight excluding hydrogens is 370 g/mol. The Morgan fingerprint density at radius 1 is 1.28 bits per heavy atom. The van der Waals surface area contributed by atoms with Gasteiger partial charge < -0.3 is 19.2 Å². The Balaban J connectivity index is 1.69. The first-order valence-corrected chi connectivity index (χ1v) is 10.3. The van der Waals surface area contributed by atoms with E-state index in [0.717, 1.165) is 30.7 Å². The number of hydrogen-bond donors (Lipinski definition) is 1. The topological polar surface area (TPSA) is 77.8 Å². The maximum Gasteiger partial charge on any atom is 0.336 e. The van der Waals surface area contributed by atoms with Gasteiger partial charge in [0, 0.05) is 30.0 Å². The fraction of sp³-hybridized carbons (Fsp3) is 0.565. The molecule has 2 atom stereocenters. The van der Waals surface area contributed by atoms with Gasteiger partial charge in [-0.2, -0.15) is 0 Å². The van der Waals surface area contributed by atoms with Crippen LogP contribution in [0.2, 0.25) is 0 Å². The largest absolute Gasteiger partial charge is 0.465 e. The number of nitrogens with one attached hydrogen (secondary N) is 1. The van der Waals surface area contributed by atoms with E-state index in [1.165, 1.54) is 0 Å². The molecule has 1 aromatic rings. The van der Waals surface area contributed by atoms with Crippen molar-refractivity contribution in [2.24, 2.45) is 5.41 Å². The van der Waals surface area contributed by atoms with Crippen LogP contribution in [-0.4, -0.2) is 31.1 Å². The van der Waals surface area contributed by atoms with E-state index in [4.69, 9.17) is 13.9 Å². The van der Waals surface area contributed by atoms with Gasteiger partial charge in [0.25, 0.3) is 0 Å². The Morgan fingerprint density at radius 3 is 2.72 bits per heavy atom. The first-order valence-electron chi connectivity index (χ1n) is 10.3. The molecule has 6 heteroatoms. The molecule has 0 bridgehead atoms. The molecule has 0 aromatic carbocycles. The highest BCUT2D eigenvalue weighted by Gasteiger charge is 2.44. The summed E-state index contributed by atoms with van der Waals surface area (Å²) >= 11 is 0. The normalized spacial score (nSPS) is 26.4. The zero-order chi connectivity index (χ0) is 20.8. The Labute approximate surface area is 171 Å². The van der Waals surface area contributed by atoms with Gasteiger partial charge in [-0.15, -0.1) is 0 Å². The van der Waals surface area contributed by atoms with Crippen molar-refractivity contribution in [3.8, 4) is 0 Å². The monoisotopic (exact) mass is 399 g/mol. The minimum Gasteiger partial charge on any atom is -0.465 e. The number of carbonyl (C=O) groups excluding carboxylic acids is 2. The molecule has 1 N–H and O–H groups in total. The molecular formula is C23H29NO5. The molecule has 29 heavy (non-hydrogen) atoms. The van der Waals surface area contributed by atoms with Crippen molar-refractivity contribution in [2.75, 3.05) is 13.2 Å². The predicted octanol–water partition coefficient (Wildman–Crippen LogP) is 3.91. The number of esters is 1. The number of allylic oxidation sites excluding steroid dienone is 3. The van der Waals surface area contributed by atoms with Crippen molar-refractivity contribution in [3.63, 3.8) is 0 Å². The average molecular weight is 399 g/mol. The van der Waals surface area contributed by atoms with Gasteiger partial charge >= 0.3 is 5.97 Å². The summed E-state index contributed by atoms with van der Waals surface area (Å²) in [6.45, 7) is 8.84. The van der Waals surface area contributed by atoms with Crippen LogP contribution in [0.5, 0.6) is 0 Å². The molecule has 0 amide bonds. The molecule has 0 saturated carbocycles. The highest BCUT2D eigenvalue weighted by atomic mass is 16.6. The van der Waals surface area contributed by atoms with E-state index in [1.54, 1.807) is 0 Å². The third-order valence-electron chi connectivity index (χ3n) is 5.93. The zero-order valence-electron chi connectivity index (χ0n) is 17.6. The molecule has 4 rings (SSSR count). The molecule has 0 spiro atoms. The minimum atomic E-state index is -0.541. The maximum absolute atomic E-state index is 13.1. The van der Waals surface area contributed by atoms with Crippen molar-refractivity contribution in [1.82, 2.24) is 5.32 Å². The fourth-order valence-corrected chi connectivity index (χ4v) is 4.62. The highest BCUT2D eigenvalue weighted by molar-refractivity contribution is 6.04. The third-order valence-corrected chi connectivity index (χ3v) is 5.93. The van der Waals surface area contributed by atoms with Gasteiger partial charge in [0.15, 0.2) is 5.78 Å². The van der Waals surface area contributed by atoms with Gasteiger partial charge in [-0.3, -0.25) is 4.79 Å². The summed E-state index contributed by atoms with van der Waals surface area (Å²) in [5.41, 5.74) is 2.56. The predicted molar refractivity (Wildman–Crippen MR) is 107 cm³/mol. The number of aryl methyl sites for hydroxylation is 1. The Hall–Kier alpha value is -2.34. The highest BCUT2D eigenvalue weighted by Crippen LogP contribution is 2.47. The fourth-order valence-electron chi connectivity index (χ4n) is 4.62. The van der Waals surface area contributed by atoms with E-state index in [0.29, 0.717) is 35.6 Å². The number of hydrogen-bond acceptors (Lipinski definition) is 6. The molecule has 1 aliphatic carbocycles. The average Bonchev–Trinajstić information content (AvgIpc) is 3.28. The summed E-state index contributed by atoms with van der Waals surface area (Å²) in [6.07, 6.45) is 3.03. The number of carbonyl (C=O) groups is 2. The molecule has 1 aromatic heterocycles. The van der Waals surface area contributed by atoms with Crippen LogP contribution >= 0.6 is 0 Å². The van der Waals surface area contributed by atoms with Crippen LogP contribution in [0.3, 0.4) is 0 Å². The lowest BCUT2D eigenvalue weighted by Gasteiger charge is -2.38. The standard InChI is InChI=1S/C23H29NO5/c1-13-7-8-18(29-13)21-19(22(26)28-12-15-6-5-9-27-15)14(2)24-16-10-23(3,4)11-17(25)20(16)21/h7-8,15,21,24H,5-6,9-12H2,1-4H3/t15-,21+/m0/s1. The maximum atomic E-state index is 13.1. The molecule has 3 heterocycles. The summed E-state index contributed by atoms with van der Waals surface area (Å²) in [6, 6.07) is 3.71. The lowest BCUT2D eigenvalue weighted by atomic mass is 9.69. The van der Waals surface area contributed by atoms with E-state index in [2.05, 4.69) is 19.2 Å². The molecule has 3 aliphatic rings. The van der Waals surface area contributed by atoms with Crippen molar-refractivity contribution >= 4 is 11.8 Å². The van der Waals surface area contributed by atoms with Crippen molar-refractivity contribution in [1.29, 1.82) is 0 Å². The molecule has 1 saturated heterocycles. The first kappa shape index (κ1) is 20.0. The van der Waals surface area contributed by atoms with Crippen molar-refractivity contribution in [2.45, 2.75) is 65.4 Å². The quantitative estimate of drug-likeness (QED) is 0.774. The molecule has 1 fully saturated rings. The smallest absolute Gasteiger partial charge is 0.336 e. The molecule has 156 valence electrons. The van der Waals surface area contributed by atoms with E-state index in [1.807, 2.05) is 26.0 Å². The SMILES string of the molecule is CC1=C(C(=O)OC[C@@H]2CCCO2)[C@@H](c2ccc(C)o2)C2=C(CC(C)(C)CC2=O)N1. The van der Waals surface area contributed by atoms with Gasteiger partial charge in [0.05, 0.1) is 17.6 Å². The van der Waals surface area contributed by atoms with Crippen LogP contribution in [0.1, 0.15) is 63.9 Å². The summed E-state index contributed by atoms with van der Waals surface area (Å²) in [5.74, 6) is 0.441. The van der Waals surface area contributed by atoms with Gasteiger partial charge in [-0.1, -0.05) is 13.8 Å². The van der Waals surface area contributed by atoms with E-state index in [-0.39, 0.29) is 23.9 Å². The zero-order valence-corrected chi connectivity index (χ0v) is 17.6. The van der Waals surface area contributed by atoms with Gasteiger partial charge in [0.1, 0.15) is 18.1 Å². The number of Topliss-reactive ketones (excluding diaryl/α,β-unsaturated/α-hetero) is 1.